The van der Waals surface area contributed by atoms with Crippen LogP contribution in [0.1, 0.15) is 47.3 Å². The van der Waals surface area contributed by atoms with Gasteiger partial charge in [0.15, 0.2) is 17.4 Å². The van der Waals surface area contributed by atoms with Gasteiger partial charge in [-0.2, -0.15) is 4.57 Å². The number of halogens is 2. The van der Waals surface area contributed by atoms with E-state index in [2.05, 4.69) is 17.6 Å². The Morgan fingerprint density at radius 2 is 1.96 bits per heavy atom. The lowest BCUT2D eigenvalue weighted by atomic mass is 9.93. The van der Waals surface area contributed by atoms with Crippen LogP contribution in [0.2, 0.25) is 10.0 Å². The standard InChI is InChI=1S/C20H20Cl2N2OS/c1-2-23-20(26)18(19(25)16-8-7-15(21)11-17(16)22)24-10-9-13-5-3-4-6-14(13)12-24/h7-12,18H,2-6H2,1H3/p+1. The number of carbonyl (C=O) groups is 1. The van der Waals surface area contributed by atoms with Crippen molar-refractivity contribution in [2.75, 3.05) is 6.54 Å². The second-order valence-electron chi connectivity index (χ2n) is 6.44. The summed E-state index contributed by atoms with van der Waals surface area (Å²) in [7, 11) is 0. The Balaban J connectivity index is 2.02. The number of pyridine rings is 1. The van der Waals surface area contributed by atoms with Crippen LogP contribution < -0.4 is 9.88 Å². The lowest BCUT2D eigenvalue weighted by Gasteiger charge is -2.18. The van der Waals surface area contributed by atoms with Crippen molar-refractivity contribution < 1.29 is 9.36 Å². The Kier molecular flexibility index (Phi) is 6.28. The number of hydrogen-bond donors (Lipinski definition) is 1. The van der Waals surface area contributed by atoms with E-state index in [0.717, 1.165) is 12.8 Å². The maximum Gasteiger partial charge on any atom is 0.270 e. The minimum atomic E-state index is -0.629. The molecule has 1 atom stereocenters. The molecule has 1 aliphatic carbocycles. The zero-order chi connectivity index (χ0) is 18.7. The van der Waals surface area contributed by atoms with Gasteiger partial charge in [0.25, 0.3) is 6.04 Å². The van der Waals surface area contributed by atoms with Crippen molar-refractivity contribution in [3.05, 3.63) is 63.4 Å². The molecule has 1 aromatic carbocycles. The van der Waals surface area contributed by atoms with Crippen LogP contribution in [0, 0.1) is 0 Å². The van der Waals surface area contributed by atoms with Crippen LogP contribution in [0.25, 0.3) is 0 Å². The van der Waals surface area contributed by atoms with Crippen molar-refractivity contribution in [1.82, 2.24) is 5.32 Å². The molecule has 1 aliphatic rings. The Bertz CT molecular complexity index is 854. The third-order valence-corrected chi connectivity index (χ3v) is 5.57. The first-order chi connectivity index (χ1) is 12.5. The molecule has 1 aromatic heterocycles. The number of nitrogens with zero attached hydrogens (tertiary/aromatic N) is 1. The van der Waals surface area contributed by atoms with Gasteiger partial charge in [-0.05, 0) is 56.4 Å². The molecule has 1 unspecified atom stereocenters. The van der Waals surface area contributed by atoms with E-state index < -0.39 is 6.04 Å². The molecule has 0 bridgehead atoms. The van der Waals surface area contributed by atoms with E-state index >= 15 is 0 Å². The van der Waals surface area contributed by atoms with Crippen molar-refractivity contribution in [2.24, 2.45) is 0 Å². The summed E-state index contributed by atoms with van der Waals surface area (Å²) < 4.78 is 1.91. The molecule has 26 heavy (non-hydrogen) atoms. The number of likely N-dealkylation sites (N-methyl/N-ethyl adjacent to an activating group) is 1. The van der Waals surface area contributed by atoms with Crippen LogP contribution in [0.4, 0.5) is 0 Å². The quantitative estimate of drug-likeness (QED) is 0.449. The van der Waals surface area contributed by atoms with E-state index in [0.29, 0.717) is 27.1 Å². The van der Waals surface area contributed by atoms with Gasteiger partial charge in [-0.25, -0.2) is 0 Å². The van der Waals surface area contributed by atoms with Crippen molar-refractivity contribution in [3.8, 4) is 0 Å². The number of ketones is 1. The Labute approximate surface area is 169 Å². The maximum absolute atomic E-state index is 13.3. The van der Waals surface area contributed by atoms with Gasteiger partial charge in [0.2, 0.25) is 5.78 Å². The SMILES string of the molecule is CCNC(=S)C(C(=O)c1ccc(Cl)cc1Cl)[n+]1ccc2c(c1)CCCC2. The Morgan fingerprint density at radius 1 is 1.23 bits per heavy atom. The highest BCUT2D eigenvalue weighted by molar-refractivity contribution is 7.80. The highest BCUT2D eigenvalue weighted by atomic mass is 35.5. The molecular formula is C20H21Cl2N2OS+. The first kappa shape index (κ1) is 19.3. The molecule has 1 N–H and O–H groups in total. The number of fused-ring (bicyclic) bond motifs is 1. The fourth-order valence-corrected chi connectivity index (χ4v) is 4.22. The maximum atomic E-state index is 13.3. The van der Waals surface area contributed by atoms with Crippen LogP contribution in [0.15, 0.2) is 36.7 Å². The molecule has 3 nitrogen and oxygen atoms in total. The van der Waals surface area contributed by atoms with Crippen LogP contribution in [0.5, 0.6) is 0 Å². The highest BCUT2D eigenvalue weighted by Crippen LogP contribution is 2.25. The number of Topliss-reactive ketones (excluding diaryl/α,β-unsaturated/α-hetero) is 1. The molecule has 6 heteroatoms. The molecule has 0 saturated heterocycles. The average Bonchev–Trinajstić information content (AvgIpc) is 2.62. The third-order valence-electron chi connectivity index (χ3n) is 4.65. The molecule has 0 aliphatic heterocycles. The second-order valence-corrected chi connectivity index (χ2v) is 7.72. The summed E-state index contributed by atoms with van der Waals surface area (Å²) in [6.07, 6.45) is 8.53. The van der Waals surface area contributed by atoms with Gasteiger partial charge >= 0.3 is 0 Å². The zero-order valence-corrected chi connectivity index (χ0v) is 16.9. The van der Waals surface area contributed by atoms with E-state index in [4.69, 9.17) is 35.4 Å². The first-order valence-electron chi connectivity index (χ1n) is 8.80. The topological polar surface area (TPSA) is 33.0 Å². The lowest BCUT2D eigenvalue weighted by Crippen LogP contribution is -2.51. The largest absolute Gasteiger partial charge is 0.374 e. The van der Waals surface area contributed by atoms with Crippen molar-refractivity contribution in [2.45, 2.75) is 38.6 Å². The van der Waals surface area contributed by atoms with Crippen LogP contribution in [-0.2, 0) is 12.8 Å². The summed E-state index contributed by atoms with van der Waals surface area (Å²) in [5, 5.41) is 3.96. The van der Waals surface area contributed by atoms with Crippen molar-refractivity contribution >= 4 is 46.2 Å². The smallest absolute Gasteiger partial charge is 0.270 e. The van der Waals surface area contributed by atoms with Gasteiger partial charge in [-0.15, -0.1) is 0 Å². The number of benzene rings is 1. The molecule has 0 radical (unpaired) electrons. The third kappa shape index (κ3) is 4.08. The minimum Gasteiger partial charge on any atom is -0.374 e. The molecule has 1 heterocycles. The second kappa shape index (κ2) is 8.47. The van der Waals surface area contributed by atoms with Crippen LogP contribution in [0.3, 0.4) is 0 Å². The van der Waals surface area contributed by atoms with Gasteiger partial charge in [0.05, 0.1) is 5.02 Å². The van der Waals surface area contributed by atoms with Gasteiger partial charge in [-0.1, -0.05) is 35.4 Å². The number of hydrogen-bond acceptors (Lipinski definition) is 2. The van der Waals surface area contributed by atoms with E-state index in [1.807, 2.05) is 17.7 Å². The van der Waals surface area contributed by atoms with Crippen LogP contribution >= 0.6 is 35.4 Å². The molecule has 2 aromatic rings. The molecule has 0 amide bonds. The minimum absolute atomic E-state index is 0.140. The van der Waals surface area contributed by atoms with Crippen molar-refractivity contribution in [3.63, 3.8) is 0 Å². The zero-order valence-electron chi connectivity index (χ0n) is 14.6. The summed E-state index contributed by atoms with van der Waals surface area (Å²) in [6.45, 7) is 2.61. The summed E-state index contributed by atoms with van der Waals surface area (Å²) in [4.78, 5) is 13.8. The predicted octanol–water partition coefficient (Wildman–Crippen LogP) is 4.52. The average molecular weight is 408 g/mol. The van der Waals surface area contributed by atoms with E-state index in [-0.39, 0.29) is 5.78 Å². The molecule has 3 rings (SSSR count). The fraction of sp³-hybridized carbons (Fsp3) is 0.350. The first-order valence-corrected chi connectivity index (χ1v) is 9.97. The van der Waals surface area contributed by atoms with E-state index in [1.54, 1.807) is 18.2 Å². The molecule has 136 valence electrons. The van der Waals surface area contributed by atoms with E-state index in [1.165, 1.54) is 24.0 Å². The number of rotatable bonds is 5. The van der Waals surface area contributed by atoms with E-state index in [9.17, 15) is 4.79 Å². The van der Waals surface area contributed by atoms with Crippen molar-refractivity contribution in [1.29, 1.82) is 0 Å². The van der Waals surface area contributed by atoms with Gasteiger partial charge < -0.3 is 5.32 Å². The monoisotopic (exact) mass is 407 g/mol. The number of carbonyl (C=O) groups excluding carboxylic acids is 1. The highest BCUT2D eigenvalue weighted by Gasteiger charge is 2.34. The normalized spacial score (nSPS) is 14.4. The van der Waals surface area contributed by atoms with Gasteiger partial charge in [0.1, 0.15) is 0 Å². The van der Waals surface area contributed by atoms with Crippen LogP contribution in [-0.4, -0.2) is 17.3 Å². The van der Waals surface area contributed by atoms with Gasteiger partial charge in [0, 0.05) is 28.8 Å². The fourth-order valence-electron chi connectivity index (χ4n) is 3.35. The lowest BCUT2D eigenvalue weighted by molar-refractivity contribution is -0.692. The van der Waals surface area contributed by atoms with Gasteiger partial charge in [-0.3, -0.25) is 4.79 Å². The molecule has 0 spiro atoms. The number of thiocarbonyl (C=S) groups is 1. The Hall–Kier alpha value is -1.49. The number of aromatic nitrogens is 1. The molecular weight excluding hydrogens is 387 g/mol. The number of nitrogens with one attached hydrogen (secondary N) is 1. The Morgan fingerprint density at radius 3 is 2.65 bits per heavy atom. The predicted molar refractivity (Wildman–Crippen MR) is 109 cm³/mol. The summed E-state index contributed by atoms with van der Waals surface area (Å²) in [5.74, 6) is -0.140. The molecule has 0 saturated carbocycles. The summed E-state index contributed by atoms with van der Waals surface area (Å²) in [6, 6.07) is 6.39. The molecule has 0 fully saturated rings. The summed E-state index contributed by atoms with van der Waals surface area (Å²) >= 11 is 17.8. The number of aryl methyl sites for hydroxylation is 2. The summed E-state index contributed by atoms with van der Waals surface area (Å²) in [5.41, 5.74) is 3.07.